The van der Waals surface area contributed by atoms with Gasteiger partial charge in [-0.3, -0.25) is 9.59 Å². The van der Waals surface area contributed by atoms with E-state index < -0.39 is 0 Å². The third-order valence-electron chi connectivity index (χ3n) is 3.81. The van der Waals surface area contributed by atoms with E-state index in [0.29, 0.717) is 25.9 Å². The number of amides is 1. The van der Waals surface area contributed by atoms with Gasteiger partial charge in [0, 0.05) is 23.1 Å². The van der Waals surface area contributed by atoms with Crippen molar-refractivity contribution in [2.24, 2.45) is 5.92 Å². The minimum Gasteiger partial charge on any atom is -0.469 e. The first kappa shape index (κ1) is 15.0. The lowest BCUT2D eigenvalue weighted by Crippen LogP contribution is -2.40. The second-order valence-electron chi connectivity index (χ2n) is 5.00. The zero-order valence-electron chi connectivity index (χ0n) is 11.7. The molecule has 108 valence electrons. The summed E-state index contributed by atoms with van der Waals surface area (Å²) in [4.78, 5) is 25.8. The molecule has 0 atom stereocenters. The maximum absolute atomic E-state index is 12.5. The molecule has 0 unspecified atom stereocenters. The molecular formula is C15H18BrNO3. The number of methoxy groups -OCH3 is 1. The van der Waals surface area contributed by atoms with Gasteiger partial charge in [0.2, 0.25) is 0 Å². The maximum atomic E-state index is 12.5. The van der Waals surface area contributed by atoms with Crippen LogP contribution in [0.2, 0.25) is 0 Å². The van der Waals surface area contributed by atoms with Crippen LogP contribution in [0.3, 0.4) is 0 Å². The maximum Gasteiger partial charge on any atom is 0.308 e. The Morgan fingerprint density at radius 3 is 2.55 bits per heavy atom. The van der Waals surface area contributed by atoms with Crippen LogP contribution in [-0.4, -0.2) is 37.0 Å². The molecule has 5 heteroatoms. The molecule has 20 heavy (non-hydrogen) atoms. The van der Waals surface area contributed by atoms with Crippen LogP contribution < -0.4 is 0 Å². The van der Waals surface area contributed by atoms with E-state index in [2.05, 4.69) is 15.9 Å². The van der Waals surface area contributed by atoms with Gasteiger partial charge in [0.25, 0.3) is 5.91 Å². The number of esters is 1. The second-order valence-corrected chi connectivity index (χ2v) is 5.86. The number of carbonyl (C=O) groups is 2. The van der Waals surface area contributed by atoms with Crippen molar-refractivity contribution in [2.45, 2.75) is 19.8 Å². The lowest BCUT2D eigenvalue weighted by Gasteiger charge is -2.31. The highest BCUT2D eigenvalue weighted by Gasteiger charge is 2.28. The third kappa shape index (κ3) is 3.03. The molecule has 0 aliphatic carbocycles. The summed E-state index contributed by atoms with van der Waals surface area (Å²) in [5, 5.41) is 0. The molecule has 0 N–H and O–H groups in total. The van der Waals surface area contributed by atoms with E-state index in [1.165, 1.54) is 7.11 Å². The van der Waals surface area contributed by atoms with Crippen molar-refractivity contribution in [3.05, 3.63) is 33.8 Å². The molecule has 0 radical (unpaired) electrons. The summed E-state index contributed by atoms with van der Waals surface area (Å²) in [6.45, 7) is 3.13. The van der Waals surface area contributed by atoms with Gasteiger partial charge in [-0.1, -0.05) is 22.0 Å². The van der Waals surface area contributed by atoms with Gasteiger partial charge in [0.1, 0.15) is 0 Å². The Morgan fingerprint density at radius 2 is 1.95 bits per heavy atom. The zero-order chi connectivity index (χ0) is 14.7. The number of hydrogen-bond acceptors (Lipinski definition) is 3. The SMILES string of the molecule is COC(=O)C1CCN(C(=O)c2cccc(Br)c2C)CC1. The average Bonchev–Trinajstić information content (AvgIpc) is 2.48. The van der Waals surface area contributed by atoms with E-state index in [1.807, 2.05) is 30.0 Å². The summed E-state index contributed by atoms with van der Waals surface area (Å²) >= 11 is 3.44. The quantitative estimate of drug-likeness (QED) is 0.778. The van der Waals surface area contributed by atoms with Crippen molar-refractivity contribution in [3.8, 4) is 0 Å². The summed E-state index contributed by atoms with van der Waals surface area (Å²) in [5.74, 6) is -0.212. The largest absolute Gasteiger partial charge is 0.469 e. The topological polar surface area (TPSA) is 46.6 Å². The molecule has 0 bridgehead atoms. The van der Waals surface area contributed by atoms with Crippen LogP contribution in [0.25, 0.3) is 0 Å². The Labute approximate surface area is 127 Å². The molecule has 2 rings (SSSR count). The van der Waals surface area contributed by atoms with E-state index >= 15 is 0 Å². The highest BCUT2D eigenvalue weighted by atomic mass is 79.9. The van der Waals surface area contributed by atoms with Crippen LogP contribution in [0.5, 0.6) is 0 Å². The fraction of sp³-hybridized carbons (Fsp3) is 0.467. The zero-order valence-corrected chi connectivity index (χ0v) is 13.3. The standard InChI is InChI=1S/C15H18BrNO3/c1-10-12(4-3-5-13(10)16)14(18)17-8-6-11(7-9-17)15(19)20-2/h3-5,11H,6-9H2,1-2H3. The number of carbonyl (C=O) groups excluding carboxylic acids is 2. The normalized spacial score (nSPS) is 16.1. The minimum absolute atomic E-state index is 0.0344. The molecule has 1 saturated heterocycles. The van der Waals surface area contributed by atoms with E-state index in [-0.39, 0.29) is 17.8 Å². The molecule has 1 aromatic carbocycles. The van der Waals surface area contributed by atoms with Crippen LogP contribution in [0.4, 0.5) is 0 Å². The molecule has 1 aliphatic heterocycles. The lowest BCUT2D eigenvalue weighted by molar-refractivity contribution is -0.146. The Hall–Kier alpha value is -1.36. The Balaban J connectivity index is 2.05. The second kappa shape index (κ2) is 6.39. The van der Waals surface area contributed by atoms with Crippen molar-refractivity contribution < 1.29 is 14.3 Å². The fourth-order valence-corrected chi connectivity index (χ4v) is 2.86. The first-order valence-corrected chi connectivity index (χ1v) is 7.46. The summed E-state index contributed by atoms with van der Waals surface area (Å²) in [5.41, 5.74) is 1.67. The first-order valence-electron chi connectivity index (χ1n) is 6.66. The number of nitrogens with zero attached hydrogens (tertiary/aromatic N) is 1. The molecular weight excluding hydrogens is 322 g/mol. The van der Waals surface area contributed by atoms with Crippen molar-refractivity contribution in [2.75, 3.05) is 20.2 Å². The number of piperidine rings is 1. The van der Waals surface area contributed by atoms with Gasteiger partial charge in [-0.25, -0.2) is 0 Å². The van der Waals surface area contributed by atoms with E-state index in [9.17, 15) is 9.59 Å². The average molecular weight is 340 g/mol. The van der Waals surface area contributed by atoms with Gasteiger partial charge in [0.05, 0.1) is 13.0 Å². The fourth-order valence-electron chi connectivity index (χ4n) is 2.49. The number of rotatable bonds is 2. The van der Waals surface area contributed by atoms with Gasteiger partial charge in [-0.15, -0.1) is 0 Å². The predicted octanol–water partition coefficient (Wildman–Crippen LogP) is 2.78. The summed E-state index contributed by atoms with van der Waals surface area (Å²) in [6.07, 6.45) is 1.34. The third-order valence-corrected chi connectivity index (χ3v) is 4.67. The summed E-state index contributed by atoms with van der Waals surface area (Å²) in [6, 6.07) is 5.63. The van der Waals surface area contributed by atoms with Gasteiger partial charge < -0.3 is 9.64 Å². The monoisotopic (exact) mass is 339 g/mol. The van der Waals surface area contributed by atoms with Gasteiger partial charge in [-0.2, -0.15) is 0 Å². The molecule has 0 aromatic heterocycles. The van der Waals surface area contributed by atoms with Gasteiger partial charge in [0.15, 0.2) is 0 Å². The van der Waals surface area contributed by atoms with Crippen LogP contribution in [0, 0.1) is 12.8 Å². The van der Waals surface area contributed by atoms with Crippen LogP contribution >= 0.6 is 15.9 Å². The molecule has 1 heterocycles. The van der Waals surface area contributed by atoms with E-state index in [1.54, 1.807) is 0 Å². The van der Waals surface area contributed by atoms with Crippen molar-refractivity contribution in [1.82, 2.24) is 4.90 Å². The van der Waals surface area contributed by atoms with E-state index in [0.717, 1.165) is 15.6 Å². The number of likely N-dealkylation sites (tertiary alicyclic amines) is 1. The smallest absolute Gasteiger partial charge is 0.308 e. The Morgan fingerprint density at radius 1 is 1.30 bits per heavy atom. The van der Waals surface area contributed by atoms with Crippen LogP contribution in [0.1, 0.15) is 28.8 Å². The lowest BCUT2D eigenvalue weighted by atomic mass is 9.96. The molecule has 1 amide bonds. The Kier molecular flexibility index (Phi) is 4.81. The highest BCUT2D eigenvalue weighted by molar-refractivity contribution is 9.10. The molecule has 0 saturated carbocycles. The van der Waals surface area contributed by atoms with Gasteiger partial charge in [-0.05, 0) is 37.5 Å². The van der Waals surface area contributed by atoms with Crippen molar-refractivity contribution >= 4 is 27.8 Å². The van der Waals surface area contributed by atoms with Crippen LogP contribution in [-0.2, 0) is 9.53 Å². The predicted molar refractivity (Wildman–Crippen MR) is 79.5 cm³/mol. The molecule has 0 spiro atoms. The number of hydrogen-bond donors (Lipinski definition) is 0. The van der Waals surface area contributed by atoms with Gasteiger partial charge >= 0.3 is 5.97 Å². The number of halogens is 1. The summed E-state index contributed by atoms with van der Waals surface area (Å²) in [7, 11) is 1.41. The molecule has 1 aromatic rings. The summed E-state index contributed by atoms with van der Waals surface area (Å²) < 4.78 is 5.69. The molecule has 1 aliphatic rings. The molecule has 4 nitrogen and oxygen atoms in total. The number of benzene rings is 1. The molecule has 1 fully saturated rings. The number of ether oxygens (including phenoxy) is 1. The van der Waals surface area contributed by atoms with Crippen LogP contribution in [0.15, 0.2) is 22.7 Å². The first-order chi connectivity index (χ1) is 9.54. The highest BCUT2D eigenvalue weighted by Crippen LogP contribution is 2.24. The van der Waals surface area contributed by atoms with E-state index in [4.69, 9.17) is 4.74 Å². The van der Waals surface area contributed by atoms with Crippen molar-refractivity contribution in [3.63, 3.8) is 0 Å². The minimum atomic E-state index is -0.171. The Bertz CT molecular complexity index is 522. The van der Waals surface area contributed by atoms with Crippen molar-refractivity contribution in [1.29, 1.82) is 0 Å².